The monoisotopic (exact) mass is 335 g/mol. The molecule has 0 saturated heterocycles. The van der Waals surface area contributed by atoms with Crippen LogP contribution in [0.3, 0.4) is 0 Å². The van der Waals surface area contributed by atoms with Gasteiger partial charge in [-0.1, -0.05) is 11.6 Å². The number of halogens is 1. The number of fused-ring (bicyclic) bond motifs is 1. The van der Waals surface area contributed by atoms with Gasteiger partial charge in [-0.2, -0.15) is 0 Å². The number of hydrogen-bond acceptors (Lipinski definition) is 3. The van der Waals surface area contributed by atoms with Gasteiger partial charge in [-0.05, 0) is 54.4 Å². The standard InChI is InChI=1S/C16H14ClNO3S/c1-22(20,21)18-9-8-12-10-13(4-7-15(12)18)16(19)11-2-5-14(17)6-3-11/h2-7,10H,8-9H2,1H3. The Labute approximate surface area is 134 Å². The van der Waals surface area contributed by atoms with Crippen molar-refractivity contribution >= 4 is 33.1 Å². The lowest BCUT2D eigenvalue weighted by molar-refractivity contribution is 0.103. The van der Waals surface area contributed by atoms with E-state index in [1.165, 1.54) is 10.6 Å². The van der Waals surface area contributed by atoms with Crippen molar-refractivity contribution in [2.75, 3.05) is 17.1 Å². The molecular weight excluding hydrogens is 322 g/mol. The molecule has 1 aliphatic rings. The first-order valence-electron chi connectivity index (χ1n) is 6.77. The van der Waals surface area contributed by atoms with Crippen LogP contribution < -0.4 is 4.31 Å². The zero-order valence-electron chi connectivity index (χ0n) is 11.9. The number of hydrogen-bond donors (Lipinski definition) is 0. The van der Waals surface area contributed by atoms with Crippen LogP contribution in [0.4, 0.5) is 5.69 Å². The molecule has 2 aromatic rings. The maximum Gasteiger partial charge on any atom is 0.232 e. The van der Waals surface area contributed by atoms with E-state index in [0.29, 0.717) is 34.8 Å². The summed E-state index contributed by atoms with van der Waals surface area (Å²) in [6.07, 6.45) is 1.80. The zero-order valence-corrected chi connectivity index (χ0v) is 13.5. The van der Waals surface area contributed by atoms with E-state index in [0.717, 1.165) is 5.56 Å². The van der Waals surface area contributed by atoms with Crippen molar-refractivity contribution in [1.29, 1.82) is 0 Å². The van der Waals surface area contributed by atoms with Crippen molar-refractivity contribution in [3.8, 4) is 0 Å². The smallest absolute Gasteiger partial charge is 0.232 e. The third-order valence-electron chi connectivity index (χ3n) is 3.70. The Morgan fingerprint density at radius 2 is 1.73 bits per heavy atom. The molecule has 2 aromatic carbocycles. The van der Waals surface area contributed by atoms with E-state index in [4.69, 9.17) is 11.6 Å². The number of sulfonamides is 1. The molecule has 0 unspecified atom stereocenters. The summed E-state index contributed by atoms with van der Waals surface area (Å²) in [5.41, 5.74) is 2.65. The van der Waals surface area contributed by atoms with Gasteiger partial charge >= 0.3 is 0 Å². The molecule has 0 radical (unpaired) electrons. The Morgan fingerprint density at radius 1 is 1.09 bits per heavy atom. The number of anilines is 1. The molecule has 3 rings (SSSR count). The van der Waals surface area contributed by atoms with Crippen LogP contribution in [-0.2, 0) is 16.4 Å². The Balaban J connectivity index is 1.95. The molecule has 1 heterocycles. The molecule has 0 atom stereocenters. The van der Waals surface area contributed by atoms with Gasteiger partial charge in [-0.25, -0.2) is 8.42 Å². The van der Waals surface area contributed by atoms with Crippen molar-refractivity contribution in [3.63, 3.8) is 0 Å². The van der Waals surface area contributed by atoms with E-state index in [9.17, 15) is 13.2 Å². The van der Waals surface area contributed by atoms with Crippen molar-refractivity contribution in [3.05, 3.63) is 64.2 Å². The SMILES string of the molecule is CS(=O)(=O)N1CCc2cc(C(=O)c3ccc(Cl)cc3)ccc21. The molecule has 0 bridgehead atoms. The topological polar surface area (TPSA) is 54.5 Å². The van der Waals surface area contributed by atoms with E-state index < -0.39 is 10.0 Å². The molecule has 114 valence electrons. The highest BCUT2D eigenvalue weighted by Gasteiger charge is 2.26. The molecule has 4 nitrogen and oxygen atoms in total. The van der Waals surface area contributed by atoms with Gasteiger partial charge < -0.3 is 0 Å². The molecule has 0 aromatic heterocycles. The van der Waals surface area contributed by atoms with Crippen LogP contribution in [0.15, 0.2) is 42.5 Å². The van der Waals surface area contributed by atoms with Gasteiger partial charge in [0, 0.05) is 22.7 Å². The fraction of sp³-hybridized carbons (Fsp3) is 0.188. The maximum atomic E-state index is 12.5. The van der Waals surface area contributed by atoms with Crippen LogP contribution in [0, 0.1) is 0 Å². The first-order chi connectivity index (χ1) is 10.4. The fourth-order valence-electron chi connectivity index (χ4n) is 2.63. The molecule has 0 aliphatic carbocycles. The average Bonchev–Trinajstić information content (AvgIpc) is 2.90. The number of benzene rings is 2. The van der Waals surface area contributed by atoms with Crippen LogP contribution in [-0.4, -0.2) is 27.0 Å². The lowest BCUT2D eigenvalue weighted by Crippen LogP contribution is -2.27. The highest BCUT2D eigenvalue weighted by molar-refractivity contribution is 7.92. The molecule has 0 amide bonds. The van der Waals surface area contributed by atoms with Gasteiger partial charge in [-0.15, -0.1) is 0 Å². The van der Waals surface area contributed by atoms with Crippen LogP contribution in [0.2, 0.25) is 5.02 Å². The summed E-state index contributed by atoms with van der Waals surface area (Å²) < 4.78 is 24.8. The predicted molar refractivity (Wildman–Crippen MR) is 87.2 cm³/mol. The molecule has 0 saturated carbocycles. The summed E-state index contributed by atoms with van der Waals surface area (Å²) in [5.74, 6) is -0.0997. The zero-order chi connectivity index (χ0) is 15.9. The highest BCUT2D eigenvalue weighted by Crippen LogP contribution is 2.31. The van der Waals surface area contributed by atoms with Gasteiger partial charge in [0.2, 0.25) is 10.0 Å². The minimum atomic E-state index is -3.27. The number of ketones is 1. The van der Waals surface area contributed by atoms with Crippen molar-refractivity contribution in [2.24, 2.45) is 0 Å². The van der Waals surface area contributed by atoms with E-state index in [2.05, 4.69) is 0 Å². The number of nitrogens with zero attached hydrogens (tertiary/aromatic N) is 1. The lowest BCUT2D eigenvalue weighted by Gasteiger charge is -2.16. The minimum Gasteiger partial charge on any atom is -0.289 e. The van der Waals surface area contributed by atoms with E-state index in [1.54, 1.807) is 42.5 Å². The normalized spacial score (nSPS) is 14.0. The quantitative estimate of drug-likeness (QED) is 0.810. The summed E-state index contributed by atoms with van der Waals surface area (Å²) in [6.45, 7) is 0.423. The van der Waals surface area contributed by atoms with Crippen LogP contribution in [0.25, 0.3) is 0 Å². The number of carbonyl (C=O) groups is 1. The molecule has 0 fully saturated rings. The molecule has 6 heteroatoms. The van der Waals surface area contributed by atoms with Gasteiger partial charge in [0.15, 0.2) is 5.78 Å². The summed E-state index contributed by atoms with van der Waals surface area (Å²) in [7, 11) is -3.27. The summed E-state index contributed by atoms with van der Waals surface area (Å²) in [6, 6.07) is 11.9. The summed E-state index contributed by atoms with van der Waals surface area (Å²) >= 11 is 5.82. The number of rotatable bonds is 3. The second-order valence-corrected chi connectivity index (χ2v) is 7.61. The van der Waals surface area contributed by atoms with Crippen molar-refractivity contribution in [1.82, 2.24) is 0 Å². The number of carbonyl (C=O) groups excluding carboxylic acids is 1. The third kappa shape index (κ3) is 2.74. The Kier molecular flexibility index (Phi) is 3.70. The van der Waals surface area contributed by atoms with Gasteiger partial charge in [0.05, 0.1) is 11.9 Å². The predicted octanol–water partition coefficient (Wildman–Crippen LogP) is 2.89. The van der Waals surface area contributed by atoms with E-state index in [-0.39, 0.29) is 5.78 Å². The third-order valence-corrected chi connectivity index (χ3v) is 5.13. The second kappa shape index (κ2) is 5.41. The average molecular weight is 336 g/mol. The molecule has 0 spiro atoms. The first-order valence-corrected chi connectivity index (χ1v) is 9.00. The van der Waals surface area contributed by atoms with E-state index in [1.807, 2.05) is 0 Å². The second-order valence-electron chi connectivity index (χ2n) is 5.26. The summed E-state index contributed by atoms with van der Waals surface area (Å²) in [5, 5.41) is 0.578. The fourth-order valence-corrected chi connectivity index (χ4v) is 3.71. The van der Waals surface area contributed by atoms with Crippen LogP contribution in [0.1, 0.15) is 21.5 Å². The first kappa shape index (κ1) is 15.1. The van der Waals surface area contributed by atoms with E-state index >= 15 is 0 Å². The largest absolute Gasteiger partial charge is 0.289 e. The van der Waals surface area contributed by atoms with Gasteiger partial charge in [0.25, 0.3) is 0 Å². The molecular formula is C16H14ClNO3S. The van der Waals surface area contributed by atoms with Gasteiger partial charge in [-0.3, -0.25) is 9.10 Å². The summed E-state index contributed by atoms with van der Waals surface area (Å²) in [4.78, 5) is 12.5. The lowest BCUT2D eigenvalue weighted by atomic mass is 10.0. The molecule has 0 N–H and O–H groups in total. The van der Waals surface area contributed by atoms with Crippen molar-refractivity contribution in [2.45, 2.75) is 6.42 Å². The minimum absolute atomic E-state index is 0.0997. The molecule has 1 aliphatic heterocycles. The Morgan fingerprint density at radius 3 is 2.36 bits per heavy atom. The molecule has 22 heavy (non-hydrogen) atoms. The van der Waals surface area contributed by atoms with Crippen LogP contribution in [0.5, 0.6) is 0 Å². The Bertz CT molecular complexity index is 844. The highest BCUT2D eigenvalue weighted by atomic mass is 35.5. The van der Waals surface area contributed by atoms with Gasteiger partial charge in [0.1, 0.15) is 0 Å². The van der Waals surface area contributed by atoms with Crippen molar-refractivity contribution < 1.29 is 13.2 Å². The maximum absolute atomic E-state index is 12.5. The van der Waals surface area contributed by atoms with Crippen LogP contribution >= 0.6 is 11.6 Å². The Hall–Kier alpha value is -1.85.